The predicted octanol–water partition coefficient (Wildman–Crippen LogP) is 3.99. The van der Waals surface area contributed by atoms with Crippen LogP contribution in [-0.2, 0) is 9.59 Å². The number of hydrogen-bond acceptors (Lipinski definition) is 2. The van der Waals surface area contributed by atoms with Crippen molar-refractivity contribution in [3.8, 4) is 0 Å². The van der Waals surface area contributed by atoms with Gasteiger partial charge >= 0.3 is 0 Å². The van der Waals surface area contributed by atoms with Crippen molar-refractivity contribution in [3.05, 3.63) is 58.6 Å². The molecular formula is C17H14Cl2N2O2. The fourth-order valence-corrected chi connectivity index (χ4v) is 2.86. The van der Waals surface area contributed by atoms with Crippen LogP contribution in [0, 0.1) is 5.92 Å². The molecule has 1 atom stereocenters. The maximum atomic E-state index is 12.3. The van der Waals surface area contributed by atoms with Crippen molar-refractivity contribution in [3.63, 3.8) is 0 Å². The summed E-state index contributed by atoms with van der Waals surface area (Å²) < 4.78 is 0. The number of carbonyl (C=O) groups is 2. The van der Waals surface area contributed by atoms with Gasteiger partial charge in [0.05, 0.1) is 5.92 Å². The highest BCUT2D eigenvalue weighted by Crippen LogP contribution is 2.28. The number of benzene rings is 2. The molecule has 4 nitrogen and oxygen atoms in total. The normalized spacial score (nSPS) is 17.4. The number of carbonyl (C=O) groups excluding carboxylic acids is 2. The van der Waals surface area contributed by atoms with Gasteiger partial charge in [0.2, 0.25) is 11.8 Å². The summed E-state index contributed by atoms with van der Waals surface area (Å²) in [5, 5.41) is 3.98. The summed E-state index contributed by atoms with van der Waals surface area (Å²) in [4.78, 5) is 26.1. The Hall–Kier alpha value is -2.04. The third-order valence-corrected chi connectivity index (χ3v) is 4.21. The first-order chi connectivity index (χ1) is 11.0. The van der Waals surface area contributed by atoms with Crippen molar-refractivity contribution >= 4 is 46.4 Å². The molecule has 1 heterocycles. The Balaban J connectivity index is 1.69. The first-order valence-electron chi connectivity index (χ1n) is 7.15. The van der Waals surface area contributed by atoms with Gasteiger partial charge in [0.25, 0.3) is 0 Å². The molecule has 0 spiro atoms. The standard InChI is InChI=1S/C17H14Cl2N2O2/c18-12-4-6-14(7-5-12)20-17(23)11-8-16(22)21(10-11)15-3-1-2-13(19)9-15/h1-7,9,11H,8,10H2,(H,20,23)/t11-/m1/s1. The summed E-state index contributed by atoms with van der Waals surface area (Å²) >= 11 is 11.8. The van der Waals surface area contributed by atoms with E-state index < -0.39 is 5.92 Å². The molecular weight excluding hydrogens is 335 g/mol. The number of nitrogens with zero attached hydrogens (tertiary/aromatic N) is 1. The van der Waals surface area contributed by atoms with Gasteiger partial charge in [0.1, 0.15) is 0 Å². The molecule has 1 saturated heterocycles. The molecule has 0 aromatic heterocycles. The molecule has 118 valence electrons. The Kier molecular flexibility index (Phi) is 4.55. The number of amides is 2. The number of rotatable bonds is 3. The zero-order valence-electron chi connectivity index (χ0n) is 12.1. The molecule has 1 aliphatic heterocycles. The summed E-state index contributed by atoms with van der Waals surface area (Å²) in [7, 11) is 0. The number of hydrogen-bond donors (Lipinski definition) is 1. The zero-order valence-corrected chi connectivity index (χ0v) is 13.6. The minimum atomic E-state index is -0.392. The third kappa shape index (κ3) is 3.66. The number of anilines is 2. The van der Waals surface area contributed by atoms with E-state index >= 15 is 0 Å². The van der Waals surface area contributed by atoms with E-state index in [1.165, 1.54) is 0 Å². The Morgan fingerprint density at radius 1 is 1.09 bits per heavy atom. The van der Waals surface area contributed by atoms with Gasteiger partial charge in [-0.15, -0.1) is 0 Å². The molecule has 0 radical (unpaired) electrons. The van der Waals surface area contributed by atoms with Gasteiger partial charge in [-0.25, -0.2) is 0 Å². The largest absolute Gasteiger partial charge is 0.326 e. The predicted molar refractivity (Wildman–Crippen MR) is 92.0 cm³/mol. The van der Waals surface area contributed by atoms with Gasteiger partial charge in [-0.05, 0) is 42.5 Å². The highest BCUT2D eigenvalue weighted by Gasteiger charge is 2.35. The molecule has 1 fully saturated rings. The number of halogens is 2. The summed E-state index contributed by atoms with van der Waals surface area (Å²) in [6.45, 7) is 0.346. The lowest BCUT2D eigenvalue weighted by Gasteiger charge is -2.17. The van der Waals surface area contributed by atoms with E-state index in [4.69, 9.17) is 23.2 Å². The third-order valence-electron chi connectivity index (χ3n) is 3.73. The summed E-state index contributed by atoms with van der Waals surface area (Å²) in [5.74, 6) is -0.647. The maximum Gasteiger partial charge on any atom is 0.229 e. The second kappa shape index (κ2) is 6.60. The van der Waals surface area contributed by atoms with Crippen LogP contribution in [0.4, 0.5) is 11.4 Å². The lowest BCUT2D eigenvalue weighted by Crippen LogP contribution is -2.28. The van der Waals surface area contributed by atoms with Gasteiger partial charge in [-0.1, -0.05) is 29.3 Å². The molecule has 2 aromatic rings. The highest BCUT2D eigenvalue weighted by molar-refractivity contribution is 6.31. The first-order valence-corrected chi connectivity index (χ1v) is 7.91. The Morgan fingerprint density at radius 3 is 2.52 bits per heavy atom. The molecule has 1 N–H and O–H groups in total. The zero-order chi connectivity index (χ0) is 16.4. The average molecular weight is 349 g/mol. The quantitative estimate of drug-likeness (QED) is 0.911. The van der Waals surface area contributed by atoms with E-state index in [2.05, 4.69) is 5.32 Å². The van der Waals surface area contributed by atoms with Gasteiger partial charge in [-0.3, -0.25) is 9.59 Å². The van der Waals surface area contributed by atoms with E-state index in [0.717, 1.165) is 0 Å². The molecule has 0 saturated carbocycles. The summed E-state index contributed by atoms with van der Waals surface area (Å²) in [5.41, 5.74) is 1.37. The second-order valence-electron chi connectivity index (χ2n) is 5.38. The molecule has 2 amide bonds. The van der Waals surface area contributed by atoms with Crippen molar-refractivity contribution in [1.82, 2.24) is 0 Å². The molecule has 1 aliphatic rings. The van der Waals surface area contributed by atoms with E-state index in [1.807, 2.05) is 6.07 Å². The maximum absolute atomic E-state index is 12.3. The first kappa shape index (κ1) is 15.8. The van der Waals surface area contributed by atoms with Crippen molar-refractivity contribution in [2.75, 3.05) is 16.8 Å². The van der Waals surface area contributed by atoms with Crippen LogP contribution in [0.5, 0.6) is 0 Å². The average Bonchev–Trinajstić information content (AvgIpc) is 2.92. The fraction of sp³-hybridized carbons (Fsp3) is 0.176. The van der Waals surface area contributed by atoms with Crippen LogP contribution in [0.2, 0.25) is 10.0 Å². The molecule has 3 rings (SSSR count). The minimum absolute atomic E-state index is 0.0801. The summed E-state index contributed by atoms with van der Waals surface area (Å²) in [6.07, 6.45) is 0.186. The number of nitrogens with one attached hydrogen (secondary N) is 1. The topological polar surface area (TPSA) is 49.4 Å². The molecule has 6 heteroatoms. The monoisotopic (exact) mass is 348 g/mol. The Labute approximate surface area is 144 Å². The fourth-order valence-electron chi connectivity index (χ4n) is 2.55. The van der Waals surface area contributed by atoms with Crippen LogP contribution in [0.3, 0.4) is 0 Å². The smallest absolute Gasteiger partial charge is 0.229 e. The molecule has 0 aliphatic carbocycles. The second-order valence-corrected chi connectivity index (χ2v) is 6.25. The van der Waals surface area contributed by atoms with Gasteiger partial charge in [-0.2, -0.15) is 0 Å². The molecule has 0 bridgehead atoms. The van der Waals surface area contributed by atoms with E-state index in [1.54, 1.807) is 47.4 Å². The lowest BCUT2D eigenvalue weighted by molar-refractivity contribution is -0.122. The van der Waals surface area contributed by atoms with Crippen LogP contribution < -0.4 is 10.2 Å². The van der Waals surface area contributed by atoms with E-state index in [-0.39, 0.29) is 18.2 Å². The summed E-state index contributed by atoms with van der Waals surface area (Å²) in [6, 6.07) is 13.9. The molecule has 0 unspecified atom stereocenters. The van der Waals surface area contributed by atoms with Crippen LogP contribution in [0.25, 0.3) is 0 Å². The van der Waals surface area contributed by atoms with Crippen molar-refractivity contribution in [2.24, 2.45) is 5.92 Å². The van der Waals surface area contributed by atoms with Crippen LogP contribution in [0.1, 0.15) is 6.42 Å². The van der Waals surface area contributed by atoms with Crippen molar-refractivity contribution < 1.29 is 9.59 Å². The van der Waals surface area contributed by atoms with Crippen LogP contribution in [-0.4, -0.2) is 18.4 Å². The highest BCUT2D eigenvalue weighted by atomic mass is 35.5. The SMILES string of the molecule is O=C(Nc1ccc(Cl)cc1)[C@@H]1CC(=O)N(c2cccc(Cl)c2)C1. The Morgan fingerprint density at radius 2 is 1.83 bits per heavy atom. The van der Waals surface area contributed by atoms with Crippen molar-refractivity contribution in [1.29, 1.82) is 0 Å². The van der Waals surface area contributed by atoms with E-state index in [9.17, 15) is 9.59 Å². The van der Waals surface area contributed by atoms with E-state index in [0.29, 0.717) is 28.0 Å². The Bertz CT molecular complexity index is 747. The lowest BCUT2D eigenvalue weighted by atomic mass is 10.1. The minimum Gasteiger partial charge on any atom is -0.326 e. The van der Waals surface area contributed by atoms with Gasteiger partial charge in [0, 0.05) is 34.4 Å². The van der Waals surface area contributed by atoms with Gasteiger partial charge < -0.3 is 10.2 Å². The molecule has 2 aromatic carbocycles. The molecule has 23 heavy (non-hydrogen) atoms. The van der Waals surface area contributed by atoms with Crippen molar-refractivity contribution in [2.45, 2.75) is 6.42 Å². The van der Waals surface area contributed by atoms with Crippen LogP contribution in [0.15, 0.2) is 48.5 Å². The van der Waals surface area contributed by atoms with Gasteiger partial charge in [0.15, 0.2) is 0 Å². The van der Waals surface area contributed by atoms with Crippen LogP contribution >= 0.6 is 23.2 Å².